The number of benzene rings is 2. The lowest BCUT2D eigenvalue weighted by molar-refractivity contribution is 0.463. The van der Waals surface area contributed by atoms with E-state index in [0.29, 0.717) is 0 Å². The Hall–Kier alpha value is -2.61. The minimum atomic E-state index is -1.01. The molecule has 0 amide bonds. The van der Waals surface area contributed by atoms with Crippen LogP contribution in [0.3, 0.4) is 0 Å². The van der Waals surface area contributed by atoms with Gasteiger partial charge in [0.1, 0.15) is 11.8 Å². The summed E-state index contributed by atoms with van der Waals surface area (Å²) in [6.45, 7) is 0. The maximum absolute atomic E-state index is 13.0. The zero-order valence-electron chi connectivity index (χ0n) is 9.15. The van der Waals surface area contributed by atoms with E-state index in [4.69, 9.17) is 15.7 Å². The molecule has 0 atom stereocenters. The minimum absolute atomic E-state index is 0.107. The van der Waals surface area contributed by atoms with Crippen molar-refractivity contribution in [3.63, 3.8) is 0 Å². The molecule has 0 aliphatic heterocycles. The lowest BCUT2D eigenvalue weighted by Gasteiger charge is -2.09. The highest BCUT2D eigenvalue weighted by Crippen LogP contribution is 2.30. The van der Waals surface area contributed by atoms with Gasteiger partial charge in [0.15, 0.2) is 17.4 Å². The number of nitrogens with two attached hydrogens (primary N) is 1. The Morgan fingerprint density at radius 1 is 1.11 bits per heavy atom. The molecule has 2 aromatic carbocycles. The van der Waals surface area contributed by atoms with Gasteiger partial charge < -0.3 is 10.5 Å². The van der Waals surface area contributed by atoms with E-state index in [1.54, 1.807) is 6.07 Å². The molecule has 2 N–H and O–H groups in total. The molecule has 0 aliphatic carbocycles. The second kappa shape index (κ2) is 4.72. The van der Waals surface area contributed by atoms with E-state index in [0.717, 1.165) is 12.1 Å². The molecule has 18 heavy (non-hydrogen) atoms. The molecule has 0 aliphatic rings. The number of para-hydroxylation sites is 1. The SMILES string of the molecule is N#Cc1cccc(Oc2ccc(F)c(F)c2)c1N. The van der Waals surface area contributed by atoms with Gasteiger partial charge in [0.25, 0.3) is 0 Å². The number of nitriles is 1. The van der Waals surface area contributed by atoms with Gasteiger partial charge >= 0.3 is 0 Å². The molecule has 0 bridgehead atoms. The smallest absolute Gasteiger partial charge is 0.162 e. The summed E-state index contributed by atoms with van der Waals surface area (Å²) < 4.78 is 31.0. The average molecular weight is 246 g/mol. The minimum Gasteiger partial charge on any atom is -0.455 e. The highest BCUT2D eigenvalue weighted by molar-refractivity contribution is 5.63. The molecule has 0 saturated heterocycles. The molecule has 5 heteroatoms. The summed E-state index contributed by atoms with van der Waals surface area (Å²) in [5.41, 5.74) is 6.11. The summed E-state index contributed by atoms with van der Waals surface area (Å²) in [4.78, 5) is 0. The van der Waals surface area contributed by atoms with Crippen molar-refractivity contribution in [3.05, 3.63) is 53.6 Å². The second-order valence-corrected chi connectivity index (χ2v) is 3.51. The fourth-order valence-electron chi connectivity index (χ4n) is 1.40. The number of hydrogen-bond acceptors (Lipinski definition) is 3. The number of rotatable bonds is 2. The number of halogens is 2. The Labute approximate surface area is 102 Å². The van der Waals surface area contributed by atoms with Crippen molar-refractivity contribution < 1.29 is 13.5 Å². The molecular formula is C13H8F2N2O. The van der Waals surface area contributed by atoms with Crippen LogP contribution in [-0.2, 0) is 0 Å². The summed E-state index contributed by atoms with van der Waals surface area (Å²) >= 11 is 0. The normalized spacial score (nSPS) is 9.83. The molecule has 0 saturated carbocycles. The van der Waals surface area contributed by atoms with Crippen LogP contribution in [0.1, 0.15) is 5.56 Å². The van der Waals surface area contributed by atoms with E-state index < -0.39 is 11.6 Å². The van der Waals surface area contributed by atoms with E-state index in [1.807, 2.05) is 6.07 Å². The Kier molecular flexibility index (Phi) is 3.11. The van der Waals surface area contributed by atoms with Crippen molar-refractivity contribution in [2.24, 2.45) is 0 Å². The van der Waals surface area contributed by atoms with Crippen LogP contribution in [0, 0.1) is 23.0 Å². The first kappa shape index (κ1) is 11.9. The summed E-state index contributed by atoms with van der Waals surface area (Å²) in [5, 5.41) is 8.79. The van der Waals surface area contributed by atoms with Crippen LogP contribution in [0.2, 0.25) is 0 Å². The van der Waals surface area contributed by atoms with Crippen molar-refractivity contribution in [1.29, 1.82) is 5.26 Å². The van der Waals surface area contributed by atoms with Crippen molar-refractivity contribution in [2.45, 2.75) is 0 Å². The van der Waals surface area contributed by atoms with Gasteiger partial charge in [0, 0.05) is 6.07 Å². The van der Waals surface area contributed by atoms with Gasteiger partial charge in [-0.15, -0.1) is 0 Å². The quantitative estimate of drug-likeness (QED) is 0.827. The third-order valence-corrected chi connectivity index (χ3v) is 2.31. The molecule has 2 aromatic rings. The summed E-state index contributed by atoms with van der Waals surface area (Å²) in [6, 6.07) is 9.70. The van der Waals surface area contributed by atoms with E-state index in [1.165, 1.54) is 18.2 Å². The van der Waals surface area contributed by atoms with E-state index >= 15 is 0 Å². The number of anilines is 1. The van der Waals surface area contributed by atoms with Gasteiger partial charge in [-0.25, -0.2) is 8.78 Å². The third-order valence-electron chi connectivity index (χ3n) is 2.31. The topological polar surface area (TPSA) is 59.0 Å². The zero-order valence-corrected chi connectivity index (χ0v) is 9.15. The summed E-state index contributed by atoms with van der Waals surface area (Å²) in [6.07, 6.45) is 0. The monoisotopic (exact) mass is 246 g/mol. The fourth-order valence-corrected chi connectivity index (χ4v) is 1.40. The predicted octanol–water partition coefficient (Wildman–Crippen LogP) is 3.21. The van der Waals surface area contributed by atoms with E-state index in [-0.39, 0.29) is 22.7 Å². The maximum atomic E-state index is 13.0. The summed E-state index contributed by atoms with van der Waals surface area (Å²) in [5.74, 6) is -1.64. The molecule has 2 rings (SSSR count). The van der Waals surface area contributed by atoms with Crippen LogP contribution in [0.5, 0.6) is 11.5 Å². The molecule has 3 nitrogen and oxygen atoms in total. The van der Waals surface area contributed by atoms with Gasteiger partial charge in [-0.3, -0.25) is 0 Å². The van der Waals surface area contributed by atoms with Crippen LogP contribution in [0.25, 0.3) is 0 Å². The van der Waals surface area contributed by atoms with Crippen LogP contribution in [0.15, 0.2) is 36.4 Å². The Morgan fingerprint density at radius 3 is 2.56 bits per heavy atom. The third kappa shape index (κ3) is 2.23. The number of ether oxygens (including phenoxy) is 1. The van der Waals surface area contributed by atoms with Gasteiger partial charge in [0.05, 0.1) is 11.3 Å². The highest BCUT2D eigenvalue weighted by Gasteiger charge is 2.08. The molecule has 90 valence electrons. The van der Waals surface area contributed by atoms with Crippen LogP contribution in [-0.4, -0.2) is 0 Å². The molecule has 0 fully saturated rings. The van der Waals surface area contributed by atoms with Crippen LogP contribution in [0.4, 0.5) is 14.5 Å². The molecule has 0 radical (unpaired) electrons. The number of nitrogens with zero attached hydrogens (tertiary/aromatic N) is 1. The van der Waals surface area contributed by atoms with Gasteiger partial charge in [-0.05, 0) is 24.3 Å². The standard InChI is InChI=1S/C13H8F2N2O/c14-10-5-4-9(6-11(10)15)18-12-3-1-2-8(7-16)13(12)17/h1-6H,17H2. The van der Waals surface area contributed by atoms with E-state index in [9.17, 15) is 8.78 Å². The highest BCUT2D eigenvalue weighted by atomic mass is 19.2. The van der Waals surface area contributed by atoms with Gasteiger partial charge in [-0.2, -0.15) is 5.26 Å². The van der Waals surface area contributed by atoms with E-state index in [2.05, 4.69) is 0 Å². The maximum Gasteiger partial charge on any atom is 0.162 e. The first-order chi connectivity index (χ1) is 8.61. The van der Waals surface area contributed by atoms with Crippen molar-refractivity contribution in [3.8, 4) is 17.6 Å². The Bertz CT molecular complexity index is 635. The van der Waals surface area contributed by atoms with Gasteiger partial charge in [-0.1, -0.05) is 6.07 Å². The Morgan fingerprint density at radius 2 is 1.89 bits per heavy atom. The predicted molar refractivity (Wildman–Crippen MR) is 62.0 cm³/mol. The Balaban J connectivity index is 2.35. The first-order valence-electron chi connectivity index (χ1n) is 5.03. The van der Waals surface area contributed by atoms with Crippen molar-refractivity contribution in [2.75, 3.05) is 5.73 Å². The van der Waals surface area contributed by atoms with Crippen LogP contribution < -0.4 is 10.5 Å². The lowest BCUT2D eigenvalue weighted by Crippen LogP contribution is -1.95. The molecule has 0 aromatic heterocycles. The molecule has 0 spiro atoms. The van der Waals surface area contributed by atoms with Crippen LogP contribution >= 0.6 is 0 Å². The lowest BCUT2D eigenvalue weighted by atomic mass is 10.2. The van der Waals surface area contributed by atoms with Crippen molar-refractivity contribution >= 4 is 5.69 Å². The summed E-state index contributed by atoms with van der Waals surface area (Å²) in [7, 11) is 0. The second-order valence-electron chi connectivity index (χ2n) is 3.51. The zero-order chi connectivity index (χ0) is 13.1. The average Bonchev–Trinajstić information content (AvgIpc) is 2.36. The van der Waals surface area contributed by atoms with Crippen molar-refractivity contribution in [1.82, 2.24) is 0 Å². The molecule has 0 heterocycles. The molecule has 0 unspecified atom stereocenters. The first-order valence-corrected chi connectivity index (χ1v) is 5.03. The molecular weight excluding hydrogens is 238 g/mol. The largest absolute Gasteiger partial charge is 0.455 e. The number of nitrogen functional groups attached to an aromatic ring is 1. The van der Waals surface area contributed by atoms with Gasteiger partial charge in [0.2, 0.25) is 0 Å². The number of hydrogen-bond donors (Lipinski definition) is 1. The fraction of sp³-hybridized carbons (Fsp3) is 0.